The standard InChI is InChI=1S/C9H15N3O2/c1-3-5-9(4-2)6(13)11-8(10)12-7(9)14/h3-5H2,1-2H3,(H3,10,11,12,13,14). The van der Waals surface area contributed by atoms with Crippen molar-refractivity contribution < 1.29 is 9.59 Å². The summed E-state index contributed by atoms with van der Waals surface area (Å²) in [7, 11) is 0. The number of carbonyl (C=O) groups excluding carboxylic acids is 2. The monoisotopic (exact) mass is 197 g/mol. The van der Waals surface area contributed by atoms with Gasteiger partial charge in [-0.3, -0.25) is 25.6 Å². The summed E-state index contributed by atoms with van der Waals surface area (Å²) in [5.74, 6) is -0.925. The van der Waals surface area contributed by atoms with E-state index in [1.807, 2.05) is 13.8 Å². The summed E-state index contributed by atoms with van der Waals surface area (Å²) in [6, 6.07) is 0. The summed E-state index contributed by atoms with van der Waals surface area (Å²) in [6.45, 7) is 3.74. The molecule has 78 valence electrons. The summed E-state index contributed by atoms with van der Waals surface area (Å²) in [4.78, 5) is 23.3. The van der Waals surface area contributed by atoms with E-state index >= 15 is 0 Å². The molecule has 5 nitrogen and oxygen atoms in total. The zero-order valence-electron chi connectivity index (χ0n) is 8.44. The highest BCUT2D eigenvalue weighted by Crippen LogP contribution is 2.30. The topological polar surface area (TPSA) is 82.1 Å². The predicted molar refractivity (Wildman–Crippen MR) is 51.6 cm³/mol. The fourth-order valence-electron chi connectivity index (χ4n) is 1.75. The third-order valence-corrected chi connectivity index (χ3v) is 2.63. The van der Waals surface area contributed by atoms with E-state index in [-0.39, 0.29) is 17.8 Å². The van der Waals surface area contributed by atoms with Crippen LogP contribution in [0.2, 0.25) is 0 Å². The molecule has 0 spiro atoms. The molecule has 0 saturated carbocycles. The van der Waals surface area contributed by atoms with Gasteiger partial charge in [-0.25, -0.2) is 0 Å². The van der Waals surface area contributed by atoms with Gasteiger partial charge < -0.3 is 0 Å². The van der Waals surface area contributed by atoms with E-state index in [0.717, 1.165) is 6.42 Å². The lowest BCUT2D eigenvalue weighted by molar-refractivity contribution is -0.144. The van der Waals surface area contributed by atoms with Crippen LogP contribution in [0.1, 0.15) is 33.1 Å². The van der Waals surface area contributed by atoms with Gasteiger partial charge in [0.05, 0.1) is 0 Å². The SMILES string of the molecule is CCCC1(CC)C(=O)NC(=N)NC1=O. The Morgan fingerprint density at radius 1 is 1.21 bits per heavy atom. The second-order valence-corrected chi connectivity index (χ2v) is 3.47. The van der Waals surface area contributed by atoms with Gasteiger partial charge >= 0.3 is 0 Å². The number of carbonyl (C=O) groups is 2. The summed E-state index contributed by atoms with van der Waals surface area (Å²) >= 11 is 0. The van der Waals surface area contributed by atoms with E-state index in [0.29, 0.717) is 12.8 Å². The Balaban J connectivity index is 2.97. The summed E-state index contributed by atoms with van der Waals surface area (Å²) < 4.78 is 0. The molecule has 2 amide bonds. The lowest BCUT2D eigenvalue weighted by atomic mass is 9.78. The molecule has 1 rings (SSSR count). The third-order valence-electron chi connectivity index (χ3n) is 2.63. The average Bonchev–Trinajstić information content (AvgIpc) is 2.11. The molecule has 1 saturated heterocycles. The minimum absolute atomic E-state index is 0.222. The number of hydrogen-bond donors (Lipinski definition) is 3. The van der Waals surface area contributed by atoms with Crippen LogP contribution < -0.4 is 10.6 Å². The van der Waals surface area contributed by atoms with E-state index in [2.05, 4.69) is 10.6 Å². The first kappa shape index (κ1) is 10.7. The Hall–Kier alpha value is -1.39. The van der Waals surface area contributed by atoms with E-state index in [1.54, 1.807) is 0 Å². The minimum atomic E-state index is -0.973. The van der Waals surface area contributed by atoms with Crippen molar-refractivity contribution in [3.8, 4) is 0 Å². The minimum Gasteiger partial charge on any atom is -0.296 e. The first-order chi connectivity index (χ1) is 6.56. The van der Waals surface area contributed by atoms with Gasteiger partial charge in [-0.15, -0.1) is 0 Å². The lowest BCUT2D eigenvalue weighted by Crippen LogP contribution is -2.62. The van der Waals surface area contributed by atoms with E-state index < -0.39 is 5.41 Å². The van der Waals surface area contributed by atoms with Gasteiger partial charge in [-0.05, 0) is 12.8 Å². The van der Waals surface area contributed by atoms with Crippen molar-refractivity contribution in [3.63, 3.8) is 0 Å². The fourth-order valence-corrected chi connectivity index (χ4v) is 1.75. The molecule has 0 aromatic carbocycles. The molecule has 0 aromatic rings. The molecule has 5 heteroatoms. The number of hydrogen-bond acceptors (Lipinski definition) is 3. The Morgan fingerprint density at radius 2 is 1.71 bits per heavy atom. The maximum atomic E-state index is 11.6. The second-order valence-electron chi connectivity index (χ2n) is 3.47. The molecule has 1 aliphatic heterocycles. The average molecular weight is 197 g/mol. The van der Waals surface area contributed by atoms with Crippen LogP contribution in [-0.2, 0) is 9.59 Å². The van der Waals surface area contributed by atoms with Gasteiger partial charge in [0, 0.05) is 0 Å². The molecule has 0 atom stereocenters. The molecule has 1 aliphatic rings. The summed E-state index contributed by atoms with van der Waals surface area (Å²) in [6.07, 6.45) is 1.75. The Labute approximate surface area is 82.8 Å². The van der Waals surface area contributed by atoms with Crippen molar-refractivity contribution in [1.82, 2.24) is 10.6 Å². The predicted octanol–water partition coefficient (Wildman–Crippen LogP) is 0.364. The van der Waals surface area contributed by atoms with E-state index in [1.165, 1.54) is 0 Å². The van der Waals surface area contributed by atoms with Gasteiger partial charge in [0.15, 0.2) is 0 Å². The molecule has 14 heavy (non-hydrogen) atoms. The highest BCUT2D eigenvalue weighted by Gasteiger charge is 2.46. The molecule has 0 aliphatic carbocycles. The highest BCUT2D eigenvalue weighted by atomic mass is 16.2. The van der Waals surface area contributed by atoms with Crippen LogP contribution in [0.3, 0.4) is 0 Å². The maximum Gasteiger partial charge on any atom is 0.242 e. The maximum absolute atomic E-state index is 11.6. The van der Waals surface area contributed by atoms with Gasteiger partial charge in [-0.2, -0.15) is 0 Å². The largest absolute Gasteiger partial charge is 0.296 e. The quantitative estimate of drug-likeness (QED) is 0.571. The van der Waals surface area contributed by atoms with Gasteiger partial charge in [-0.1, -0.05) is 20.3 Å². The molecular formula is C9H15N3O2. The van der Waals surface area contributed by atoms with Crippen molar-refractivity contribution in [2.24, 2.45) is 5.41 Å². The van der Waals surface area contributed by atoms with Crippen molar-refractivity contribution in [2.45, 2.75) is 33.1 Å². The third kappa shape index (κ3) is 1.49. The molecule has 0 radical (unpaired) electrons. The zero-order valence-corrected chi connectivity index (χ0v) is 8.44. The van der Waals surface area contributed by atoms with Crippen LogP contribution in [0.5, 0.6) is 0 Å². The van der Waals surface area contributed by atoms with Crippen LogP contribution >= 0.6 is 0 Å². The summed E-state index contributed by atoms with van der Waals surface area (Å²) in [5.41, 5.74) is -0.973. The molecular weight excluding hydrogens is 182 g/mol. The summed E-state index contributed by atoms with van der Waals surface area (Å²) in [5, 5.41) is 11.9. The normalized spacial score (nSPS) is 27.1. The van der Waals surface area contributed by atoms with Gasteiger partial charge in [0.25, 0.3) is 0 Å². The smallest absolute Gasteiger partial charge is 0.242 e. The second kappa shape index (κ2) is 3.77. The van der Waals surface area contributed by atoms with Crippen LogP contribution in [0.15, 0.2) is 0 Å². The first-order valence-corrected chi connectivity index (χ1v) is 4.78. The van der Waals surface area contributed by atoms with Crippen LogP contribution in [0, 0.1) is 10.8 Å². The molecule has 3 N–H and O–H groups in total. The zero-order chi connectivity index (χ0) is 10.8. The Bertz CT molecular complexity index is 266. The molecule has 0 unspecified atom stereocenters. The van der Waals surface area contributed by atoms with Gasteiger partial charge in [0.2, 0.25) is 17.8 Å². The molecule has 1 heterocycles. The van der Waals surface area contributed by atoms with Gasteiger partial charge in [0.1, 0.15) is 5.41 Å². The number of guanidine groups is 1. The van der Waals surface area contributed by atoms with Crippen molar-refractivity contribution in [2.75, 3.05) is 0 Å². The molecule has 0 bridgehead atoms. The van der Waals surface area contributed by atoms with Crippen molar-refractivity contribution in [1.29, 1.82) is 5.41 Å². The Kier molecular flexibility index (Phi) is 2.88. The number of nitrogens with one attached hydrogen (secondary N) is 3. The van der Waals surface area contributed by atoms with E-state index in [9.17, 15) is 9.59 Å². The highest BCUT2D eigenvalue weighted by molar-refractivity contribution is 6.19. The van der Waals surface area contributed by atoms with Crippen LogP contribution in [-0.4, -0.2) is 17.8 Å². The van der Waals surface area contributed by atoms with Crippen molar-refractivity contribution >= 4 is 17.8 Å². The Morgan fingerprint density at radius 3 is 2.07 bits per heavy atom. The first-order valence-electron chi connectivity index (χ1n) is 4.78. The van der Waals surface area contributed by atoms with Crippen LogP contribution in [0.4, 0.5) is 0 Å². The van der Waals surface area contributed by atoms with E-state index in [4.69, 9.17) is 5.41 Å². The number of rotatable bonds is 3. The fraction of sp³-hybridized carbons (Fsp3) is 0.667. The van der Waals surface area contributed by atoms with Crippen molar-refractivity contribution in [3.05, 3.63) is 0 Å². The van der Waals surface area contributed by atoms with Crippen LogP contribution in [0.25, 0.3) is 0 Å². The lowest BCUT2D eigenvalue weighted by Gasteiger charge is -2.33. The number of amides is 2. The molecule has 1 fully saturated rings. The molecule has 0 aromatic heterocycles.